The minimum absolute atomic E-state index is 0.297. The van der Waals surface area contributed by atoms with E-state index in [0.717, 1.165) is 16.9 Å². The molecule has 0 aliphatic carbocycles. The molecular formula is C24H25N5O3. The summed E-state index contributed by atoms with van der Waals surface area (Å²) in [5.41, 5.74) is 3.13. The lowest BCUT2D eigenvalue weighted by Gasteiger charge is -2.15. The zero-order valence-electron chi connectivity index (χ0n) is 18.5. The minimum atomic E-state index is -0.793. The van der Waals surface area contributed by atoms with Crippen molar-refractivity contribution in [2.24, 2.45) is 0 Å². The van der Waals surface area contributed by atoms with E-state index in [4.69, 9.17) is 4.74 Å². The quantitative estimate of drug-likeness (QED) is 0.507. The highest BCUT2D eigenvalue weighted by Crippen LogP contribution is 2.21. The summed E-state index contributed by atoms with van der Waals surface area (Å²) in [5, 5.41) is 12.6. The van der Waals surface area contributed by atoms with Gasteiger partial charge in [-0.1, -0.05) is 30.3 Å². The van der Waals surface area contributed by atoms with Crippen LogP contribution >= 0.6 is 0 Å². The predicted octanol–water partition coefficient (Wildman–Crippen LogP) is 3.09. The van der Waals surface area contributed by atoms with Crippen molar-refractivity contribution in [2.45, 2.75) is 33.4 Å². The fourth-order valence-corrected chi connectivity index (χ4v) is 3.76. The molecule has 0 saturated carbocycles. The monoisotopic (exact) mass is 431 g/mol. The molecule has 0 aliphatic rings. The zero-order chi connectivity index (χ0) is 22.8. The second-order valence-corrected chi connectivity index (χ2v) is 7.64. The summed E-state index contributed by atoms with van der Waals surface area (Å²) in [5.74, 6) is 0.411. The standard InChI is InChI=1S/C24H25N5O3/c1-15-21-16(2)28(19-10-6-5-7-11-19)27-22(21)24(31)29(26-15)17(3)23(30)25-14-18-9-8-12-20(13-18)32-4/h5-13,17H,14H2,1-4H3,(H,25,30). The lowest BCUT2D eigenvalue weighted by molar-refractivity contribution is -0.124. The molecule has 4 aromatic rings. The number of carbonyl (C=O) groups is 1. The molecule has 4 rings (SSSR count). The molecule has 0 fully saturated rings. The Morgan fingerprint density at radius 3 is 2.56 bits per heavy atom. The largest absolute Gasteiger partial charge is 0.497 e. The molecule has 0 spiro atoms. The summed E-state index contributed by atoms with van der Waals surface area (Å²) in [6.45, 7) is 5.70. The number of methoxy groups -OCH3 is 1. The van der Waals surface area contributed by atoms with Crippen LogP contribution in [0, 0.1) is 13.8 Å². The van der Waals surface area contributed by atoms with Gasteiger partial charge in [-0.3, -0.25) is 9.59 Å². The van der Waals surface area contributed by atoms with E-state index in [1.807, 2.05) is 68.4 Å². The van der Waals surface area contributed by atoms with Crippen molar-refractivity contribution >= 4 is 16.8 Å². The van der Waals surface area contributed by atoms with E-state index in [2.05, 4.69) is 15.5 Å². The Morgan fingerprint density at radius 2 is 1.84 bits per heavy atom. The Morgan fingerprint density at radius 1 is 1.09 bits per heavy atom. The molecule has 2 aromatic carbocycles. The summed E-state index contributed by atoms with van der Waals surface area (Å²) in [6, 6.07) is 16.3. The van der Waals surface area contributed by atoms with Gasteiger partial charge in [0.25, 0.3) is 5.56 Å². The van der Waals surface area contributed by atoms with Gasteiger partial charge in [0.2, 0.25) is 5.91 Å². The second-order valence-electron chi connectivity index (χ2n) is 7.64. The van der Waals surface area contributed by atoms with Gasteiger partial charge in [-0.2, -0.15) is 10.2 Å². The molecule has 0 bridgehead atoms. The van der Waals surface area contributed by atoms with Crippen molar-refractivity contribution in [3.8, 4) is 11.4 Å². The summed E-state index contributed by atoms with van der Waals surface area (Å²) in [7, 11) is 1.59. The molecule has 1 unspecified atom stereocenters. The van der Waals surface area contributed by atoms with Crippen LogP contribution < -0.4 is 15.6 Å². The Balaban J connectivity index is 1.64. The Labute approximate surface area is 185 Å². The average Bonchev–Trinajstić information content (AvgIpc) is 3.18. The third kappa shape index (κ3) is 3.87. The molecule has 2 aromatic heterocycles. The first kappa shape index (κ1) is 21.3. The molecule has 32 heavy (non-hydrogen) atoms. The van der Waals surface area contributed by atoms with E-state index >= 15 is 0 Å². The molecule has 1 atom stereocenters. The van der Waals surface area contributed by atoms with E-state index in [1.54, 1.807) is 18.7 Å². The highest BCUT2D eigenvalue weighted by atomic mass is 16.5. The van der Waals surface area contributed by atoms with E-state index in [1.165, 1.54) is 4.68 Å². The molecule has 0 aliphatic heterocycles. The number of nitrogens with zero attached hydrogens (tertiary/aromatic N) is 4. The van der Waals surface area contributed by atoms with Crippen LogP contribution in [0.25, 0.3) is 16.6 Å². The Hall–Kier alpha value is -3.94. The number of hydrogen-bond donors (Lipinski definition) is 1. The lowest BCUT2D eigenvalue weighted by atomic mass is 10.2. The number of aryl methyl sites for hydroxylation is 2. The summed E-state index contributed by atoms with van der Waals surface area (Å²) in [6.07, 6.45) is 0. The number of nitrogens with one attached hydrogen (secondary N) is 1. The molecule has 164 valence electrons. The number of para-hydroxylation sites is 1. The van der Waals surface area contributed by atoms with Crippen LogP contribution in [0.3, 0.4) is 0 Å². The van der Waals surface area contributed by atoms with Crippen LogP contribution in [0.5, 0.6) is 5.75 Å². The summed E-state index contributed by atoms with van der Waals surface area (Å²) < 4.78 is 8.16. The van der Waals surface area contributed by atoms with Crippen LogP contribution in [0.2, 0.25) is 0 Å². The number of amides is 1. The fraction of sp³-hybridized carbons (Fsp3) is 0.250. The van der Waals surface area contributed by atoms with Gasteiger partial charge in [0.05, 0.1) is 29.6 Å². The normalized spacial score (nSPS) is 12.0. The van der Waals surface area contributed by atoms with Gasteiger partial charge in [-0.15, -0.1) is 0 Å². The number of ether oxygens (including phenoxy) is 1. The van der Waals surface area contributed by atoms with Crippen LogP contribution in [-0.2, 0) is 11.3 Å². The number of fused-ring (bicyclic) bond motifs is 1. The van der Waals surface area contributed by atoms with Crippen LogP contribution in [0.1, 0.15) is 29.9 Å². The van der Waals surface area contributed by atoms with Gasteiger partial charge >= 0.3 is 0 Å². The molecule has 8 heteroatoms. The van der Waals surface area contributed by atoms with Crippen molar-refractivity contribution in [3.05, 3.63) is 81.9 Å². The summed E-state index contributed by atoms with van der Waals surface area (Å²) >= 11 is 0. The van der Waals surface area contributed by atoms with Crippen molar-refractivity contribution in [3.63, 3.8) is 0 Å². The van der Waals surface area contributed by atoms with E-state index in [-0.39, 0.29) is 5.91 Å². The Kier molecular flexibility index (Phi) is 5.77. The number of carbonyl (C=O) groups excluding carboxylic acids is 1. The van der Waals surface area contributed by atoms with Crippen LogP contribution in [0.4, 0.5) is 0 Å². The van der Waals surface area contributed by atoms with Gasteiger partial charge < -0.3 is 10.1 Å². The smallest absolute Gasteiger partial charge is 0.295 e. The maximum Gasteiger partial charge on any atom is 0.295 e. The van der Waals surface area contributed by atoms with Gasteiger partial charge in [0, 0.05) is 6.54 Å². The maximum atomic E-state index is 13.2. The van der Waals surface area contributed by atoms with Crippen molar-refractivity contribution in [2.75, 3.05) is 7.11 Å². The molecule has 1 amide bonds. The van der Waals surface area contributed by atoms with E-state index in [0.29, 0.717) is 28.9 Å². The number of benzene rings is 2. The van der Waals surface area contributed by atoms with Gasteiger partial charge in [-0.05, 0) is 50.6 Å². The van der Waals surface area contributed by atoms with Gasteiger partial charge in [0.15, 0.2) is 5.52 Å². The van der Waals surface area contributed by atoms with E-state index < -0.39 is 11.6 Å². The molecule has 8 nitrogen and oxygen atoms in total. The van der Waals surface area contributed by atoms with Gasteiger partial charge in [-0.25, -0.2) is 9.36 Å². The Bertz CT molecular complexity index is 1340. The molecule has 0 saturated heterocycles. The molecule has 1 N–H and O–H groups in total. The number of rotatable bonds is 6. The van der Waals surface area contributed by atoms with Crippen molar-refractivity contribution in [1.82, 2.24) is 24.9 Å². The first-order chi connectivity index (χ1) is 15.4. The minimum Gasteiger partial charge on any atom is -0.497 e. The highest BCUT2D eigenvalue weighted by Gasteiger charge is 2.23. The first-order valence-corrected chi connectivity index (χ1v) is 10.4. The lowest BCUT2D eigenvalue weighted by Crippen LogP contribution is -2.37. The third-order valence-electron chi connectivity index (χ3n) is 5.49. The zero-order valence-corrected chi connectivity index (χ0v) is 18.5. The second kappa shape index (κ2) is 8.66. The maximum absolute atomic E-state index is 13.2. The average molecular weight is 431 g/mol. The first-order valence-electron chi connectivity index (χ1n) is 10.4. The molecule has 2 heterocycles. The summed E-state index contributed by atoms with van der Waals surface area (Å²) in [4.78, 5) is 26.0. The van der Waals surface area contributed by atoms with Crippen molar-refractivity contribution in [1.29, 1.82) is 0 Å². The SMILES string of the molecule is COc1cccc(CNC(=O)C(C)n2nc(C)c3c(C)n(-c4ccccc4)nc3c2=O)c1. The number of aromatic nitrogens is 4. The van der Waals surface area contributed by atoms with E-state index in [9.17, 15) is 9.59 Å². The van der Waals surface area contributed by atoms with Crippen molar-refractivity contribution < 1.29 is 9.53 Å². The fourth-order valence-electron chi connectivity index (χ4n) is 3.76. The molecular weight excluding hydrogens is 406 g/mol. The van der Waals surface area contributed by atoms with Crippen LogP contribution in [-0.4, -0.2) is 32.6 Å². The highest BCUT2D eigenvalue weighted by molar-refractivity contribution is 5.84. The number of hydrogen-bond acceptors (Lipinski definition) is 5. The van der Waals surface area contributed by atoms with Gasteiger partial charge in [0.1, 0.15) is 11.8 Å². The third-order valence-corrected chi connectivity index (χ3v) is 5.49. The predicted molar refractivity (Wildman–Crippen MR) is 122 cm³/mol. The van der Waals surface area contributed by atoms with Crippen LogP contribution in [0.15, 0.2) is 59.4 Å². The topological polar surface area (TPSA) is 91.0 Å². The molecule has 0 radical (unpaired) electrons.